The van der Waals surface area contributed by atoms with Crippen molar-refractivity contribution in [3.63, 3.8) is 0 Å². The number of aliphatic hydroxyl groups is 1. The molecule has 18 aliphatic rings. The number of ether oxygens (including phenoxy) is 2. The molecule has 0 amide bonds. The minimum atomic E-state index is -1.13. The van der Waals surface area contributed by atoms with E-state index in [4.69, 9.17) is 15.2 Å². The number of fused-ring (bicyclic) bond motifs is 3. The molecule has 15 atom stereocenters. The molecule has 9 aliphatic heterocycles. The molecular weight excluding hydrogens is 867 g/mol. The lowest BCUT2D eigenvalue weighted by molar-refractivity contribution is -0.284. The minimum Gasteiger partial charge on any atom is -0.509 e. The van der Waals surface area contributed by atoms with Crippen LogP contribution in [-0.2, 0) is 26.3 Å². The van der Waals surface area contributed by atoms with Crippen LogP contribution in [0.2, 0.25) is 0 Å². The molecule has 8 heteroatoms. The molecule has 70 heavy (non-hydrogen) atoms. The van der Waals surface area contributed by atoms with Crippen LogP contribution in [-0.4, -0.2) is 65.1 Å². The van der Waals surface area contributed by atoms with Crippen LogP contribution in [0.25, 0.3) is 0 Å². The molecule has 0 radical (unpaired) electrons. The molecule has 372 valence electrons. The monoisotopic (exact) mass is 946 g/mol. The van der Waals surface area contributed by atoms with E-state index in [2.05, 4.69) is 41.0 Å². The Bertz CT molecular complexity index is 2630. The third-order valence-corrected chi connectivity index (χ3v) is 25.1. The van der Waals surface area contributed by atoms with Crippen molar-refractivity contribution in [3.8, 4) is 0 Å². The average molecular weight is 946 g/mol. The topological polar surface area (TPSA) is 105 Å². The quantitative estimate of drug-likeness (QED) is 0.222. The van der Waals surface area contributed by atoms with E-state index in [1.54, 1.807) is 22.4 Å². The van der Waals surface area contributed by atoms with Gasteiger partial charge in [-0.05, 0) is 186 Å². The van der Waals surface area contributed by atoms with E-state index >= 15 is 9.59 Å². The van der Waals surface area contributed by atoms with Crippen LogP contribution in [0.15, 0.2) is 63.8 Å². The smallest absolute Gasteiger partial charge is 0.339 e. The summed E-state index contributed by atoms with van der Waals surface area (Å²) in [6, 6.07) is 7.23. The highest BCUT2D eigenvalue weighted by Gasteiger charge is 2.94. The minimum absolute atomic E-state index is 0.126. The lowest BCUT2D eigenvalue weighted by Gasteiger charge is -2.74. The zero-order chi connectivity index (χ0) is 46.7. The summed E-state index contributed by atoms with van der Waals surface area (Å²) >= 11 is 0. The molecule has 1 aromatic rings. The van der Waals surface area contributed by atoms with Crippen LogP contribution in [0.5, 0.6) is 0 Å². The van der Waals surface area contributed by atoms with Crippen molar-refractivity contribution in [2.24, 2.45) is 80.7 Å². The number of esters is 2. The number of hydrogen-bond donors (Lipinski definition) is 2. The van der Waals surface area contributed by atoms with Gasteiger partial charge >= 0.3 is 11.9 Å². The van der Waals surface area contributed by atoms with E-state index in [9.17, 15) is 5.11 Å². The zero-order valence-electron chi connectivity index (χ0n) is 42.2. The summed E-state index contributed by atoms with van der Waals surface area (Å²) in [6.07, 6.45) is 31.1. The molecule has 19 rings (SSSR count). The predicted molar refractivity (Wildman–Crippen MR) is 268 cm³/mol. The number of carbonyl (C=O) groups excluding carboxylic acids is 2. The van der Waals surface area contributed by atoms with Gasteiger partial charge in [-0.2, -0.15) is 0 Å². The highest BCUT2D eigenvalue weighted by molar-refractivity contribution is 6.00. The van der Waals surface area contributed by atoms with Gasteiger partial charge in [-0.25, -0.2) is 4.79 Å². The van der Waals surface area contributed by atoms with Crippen LogP contribution in [0.3, 0.4) is 0 Å². The number of allylic oxidation sites excluding steroid dienone is 4. The summed E-state index contributed by atoms with van der Waals surface area (Å²) < 4.78 is 14.7. The number of nitrogens with two attached hydrogens (primary N) is 1. The molecule has 1 aromatic carbocycles. The van der Waals surface area contributed by atoms with Crippen molar-refractivity contribution in [2.45, 2.75) is 185 Å². The third-order valence-electron chi connectivity index (χ3n) is 25.1. The predicted octanol–water partition coefficient (Wildman–Crippen LogP) is 11.7. The van der Waals surface area contributed by atoms with Crippen molar-refractivity contribution in [1.82, 2.24) is 9.80 Å². The van der Waals surface area contributed by atoms with Gasteiger partial charge < -0.3 is 25.2 Å². The first kappa shape index (κ1) is 43.1. The maximum Gasteiger partial charge on any atom is 0.339 e. The molecule has 1 unspecified atom stereocenters. The summed E-state index contributed by atoms with van der Waals surface area (Å²) in [5.74, 6) is 3.79. The van der Waals surface area contributed by atoms with Gasteiger partial charge in [0.2, 0.25) is 0 Å². The number of nitrogens with zero attached hydrogens (tertiary/aromatic N) is 2. The van der Waals surface area contributed by atoms with E-state index in [0.717, 1.165) is 62.9 Å². The molecule has 5 saturated carbocycles. The third kappa shape index (κ3) is 5.05. The number of aliphatic hydroxyl groups excluding tert-OH is 1. The SMILES string of the molecule is C[C@@H]1CC2=C3[C@H]4C5=C6[C@@H]7C[C@@]41CCC7=C[C@@H](C1CCCCC1)C[C@H]1[C@]64C(=O)O/C(=C(/O)C[C@@H]([C@H]6CCC7(CCCC7)C6)N6C[C@H]7C[C@@H](C6)[C@@H](CC2)N3C7)[C@@]4(CC5)[C@]12OC(=O)c1c(CCCN)cccc12. The first-order valence-corrected chi connectivity index (χ1v) is 29.5. The van der Waals surface area contributed by atoms with Crippen LogP contribution in [0.1, 0.15) is 183 Å². The number of benzene rings is 1. The molecule has 9 heterocycles. The summed E-state index contributed by atoms with van der Waals surface area (Å²) in [5.41, 5.74) is 14.4. The summed E-state index contributed by atoms with van der Waals surface area (Å²) in [5, 5.41) is 13.7. The molecule has 8 fully saturated rings. The molecule has 14 bridgehead atoms. The van der Waals surface area contributed by atoms with Crippen molar-refractivity contribution in [2.75, 3.05) is 26.2 Å². The Morgan fingerprint density at radius 1 is 0.843 bits per heavy atom. The van der Waals surface area contributed by atoms with E-state index in [1.807, 2.05) is 0 Å². The molecule has 3 N–H and O–H groups in total. The standard InChI is InChI=1S/C62H79N3O5/c1-35-25-40-14-15-47-43-26-36-32-64(34-43)48(41-16-21-58(30-41)19-5-6-20-58)29-49(66)55-60-23-18-44-52-45-31-59(35,53(44)54(40)65(47)33-36)22-17-39(45)27-42(37-9-3-2-4-10-37)28-50(61(52,60)57(68)69-55)62(60)46-13-7-11-38(12-8-24-63)51(46)56(67)70-62/h7,11,13,27,35-37,41-43,45,47-48,50,53,66H,2-6,8-10,12,14-26,28-34,63H2,1H3/b39-27?,55-49+/t35-,36-,41+,42-,43+,45-,47-,48+,50+,53-,59-,60-,61-,62-/m1/s1. The van der Waals surface area contributed by atoms with Crippen molar-refractivity contribution in [1.29, 1.82) is 0 Å². The van der Waals surface area contributed by atoms with Gasteiger partial charge in [-0.1, -0.05) is 80.0 Å². The van der Waals surface area contributed by atoms with E-state index in [0.29, 0.717) is 95.8 Å². The van der Waals surface area contributed by atoms with Crippen molar-refractivity contribution < 1.29 is 24.2 Å². The molecular formula is C62H79N3O5. The van der Waals surface area contributed by atoms with Crippen LogP contribution in [0.4, 0.5) is 0 Å². The zero-order valence-corrected chi connectivity index (χ0v) is 42.2. The average Bonchev–Trinajstić information content (AvgIpc) is 4.18. The number of hydrogen-bond acceptors (Lipinski definition) is 8. The fraction of sp³-hybridized carbons (Fsp3) is 0.742. The van der Waals surface area contributed by atoms with Crippen LogP contribution >= 0.6 is 0 Å². The first-order valence-electron chi connectivity index (χ1n) is 29.5. The largest absolute Gasteiger partial charge is 0.509 e. The lowest BCUT2D eigenvalue weighted by Crippen LogP contribution is -2.78. The Labute approximate surface area is 416 Å². The number of aryl methyl sites for hydroxylation is 1. The number of carbonyl (C=O) groups is 2. The van der Waals surface area contributed by atoms with E-state index < -0.39 is 16.4 Å². The Morgan fingerprint density at radius 2 is 1.71 bits per heavy atom. The van der Waals surface area contributed by atoms with Crippen LogP contribution < -0.4 is 5.73 Å². The molecule has 0 aromatic heterocycles. The van der Waals surface area contributed by atoms with Gasteiger partial charge in [0.25, 0.3) is 0 Å². The van der Waals surface area contributed by atoms with Gasteiger partial charge in [-0.15, -0.1) is 0 Å². The lowest BCUT2D eigenvalue weighted by atomic mass is 9.26. The van der Waals surface area contributed by atoms with Gasteiger partial charge in [0.05, 0.1) is 11.0 Å². The Balaban J connectivity index is 0.986. The van der Waals surface area contributed by atoms with Crippen molar-refractivity contribution in [3.05, 3.63) is 80.5 Å². The maximum atomic E-state index is 16.6. The fourth-order valence-electron chi connectivity index (χ4n) is 22.8. The fourth-order valence-corrected chi connectivity index (χ4v) is 22.8. The van der Waals surface area contributed by atoms with Gasteiger partial charge in [0.15, 0.2) is 11.4 Å². The highest BCUT2D eigenvalue weighted by Crippen LogP contribution is 2.89. The van der Waals surface area contributed by atoms with E-state index in [1.165, 1.54) is 115 Å². The summed E-state index contributed by atoms with van der Waals surface area (Å²) in [4.78, 5) is 37.9. The second-order valence-corrected chi connectivity index (χ2v) is 27.3. The van der Waals surface area contributed by atoms with Gasteiger partial charge in [-0.3, -0.25) is 9.69 Å². The highest BCUT2D eigenvalue weighted by atomic mass is 16.6. The van der Waals surface area contributed by atoms with Gasteiger partial charge in [0.1, 0.15) is 11.2 Å². The Hall–Kier alpha value is -3.36. The Morgan fingerprint density at radius 3 is 2.57 bits per heavy atom. The molecule has 8 nitrogen and oxygen atoms in total. The normalized spacial score (nSPS) is 47.7. The Kier molecular flexibility index (Phi) is 9.04. The molecule has 5 spiro atoms. The van der Waals surface area contributed by atoms with Gasteiger partial charge in [0, 0.05) is 67.2 Å². The maximum absolute atomic E-state index is 16.6. The second kappa shape index (κ2) is 14.7. The van der Waals surface area contributed by atoms with Crippen molar-refractivity contribution >= 4 is 11.9 Å². The summed E-state index contributed by atoms with van der Waals surface area (Å²) in [7, 11) is 0. The number of rotatable bonds is 5. The summed E-state index contributed by atoms with van der Waals surface area (Å²) in [6.45, 7) is 6.54. The number of piperidine rings is 2. The van der Waals surface area contributed by atoms with Crippen LogP contribution in [0, 0.1) is 74.9 Å². The van der Waals surface area contributed by atoms with E-state index in [-0.39, 0.29) is 35.2 Å². The molecule has 3 saturated heterocycles. The molecule has 9 aliphatic carbocycles. The first-order chi connectivity index (χ1) is 34.1. The second-order valence-electron chi connectivity index (χ2n) is 27.3.